The molecule has 0 aliphatic rings. The summed E-state index contributed by atoms with van der Waals surface area (Å²) < 4.78 is 24.7. The van der Waals surface area contributed by atoms with Gasteiger partial charge in [0.1, 0.15) is 5.15 Å². The average Bonchev–Trinajstić information content (AvgIpc) is 2.02. The van der Waals surface area contributed by atoms with E-state index in [0.29, 0.717) is 0 Å². The number of rotatable bonds is 2. The Morgan fingerprint density at radius 3 is 2.50 bits per heavy atom. The molecule has 1 rings (SSSR count). The molecule has 0 atom stereocenters. The summed E-state index contributed by atoms with van der Waals surface area (Å²) in [7, 11) is 0. The molecule has 0 saturated heterocycles. The van der Waals surface area contributed by atoms with E-state index in [9.17, 15) is 13.6 Å². The van der Waals surface area contributed by atoms with Crippen molar-refractivity contribution in [3.05, 3.63) is 27.5 Å². The van der Waals surface area contributed by atoms with Crippen molar-refractivity contribution >= 4 is 29.2 Å². The fourth-order valence-electron chi connectivity index (χ4n) is 0.818. The number of hydrogen-bond acceptors (Lipinski definition) is 2. The van der Waals surface area contributed by atoms with Crippen LogP contribution in [0.25, 0.3) is 0 Å². The molecule has 7 heteroatoms. The molecule has 0 bridgehead atoms. The van der Waals surface area contributed by atoms with Crippen molar-refractivity contribution in [2.75, 3.05) is 0 Å². The Morgan fingerprint density at radius 2 is 2.07 bits per heavy atom. The van der Waals surface area contributed by atoms with Gasteiger partial charge in [-0.05, 0) is 0 Å². The molecule has 1 N–H and O–H groups in total. The van der Waals surface area contributed by atoms with Crippen molar-refractivity contribution in [3.8, 4) is 0 Å². The second-order valence-electron chi connectivity index (χ2n) is 2.30. The highest BCUT2D eigenvalue weighted by Gasteiger charge is 2.22. The van der Waals surface area contributed by atoms with Gasteiger partial charge in [-0.1, -0.05) is 23.2 Å². The highest BCUT2D eigenvalue weighted by Crippen LogP contribution is 2.34. The molecule has 1 aromatic heterocycles. The lowest BCUT2D eigenvalue weighted by Gasteiger charge is -2.06. The maximum absolute atomic E-state index is 12.3. The second kappa shape index (κ2) is 4.06. The van der Waals surface area contributed by atoms with E-state index in [0.717, 1.165) is 6.20 Å². The molecule has 0 spiro atoms. The quantitative estimate of drug-likeness (QED) is 0.810. The van der Waals surface area contributed by atoms with E-state index in [-0.39, 0.29) is 0 Å². The fraction of sp³-hybridized carbons (Fsp3) is 0.143. The first-order valence-electron chi connectivity index (χ1n) is 3.30. The van der Waals surface area contributed by atoms with Gasteiger partial charge in [0, 0.05) is 6.20 Å². The Bertz CT molecular complexity index is 384. The molecular weight excluding hydrogens is 239 g/mol. The number of nitrogens with zero attached hydrogens (tertiary/aromatic N) is 1. The normalized spacial score (nSPS) is 10.6. The summed E-state index contributed by atoms with van der Waals surface area (Å²) in [5.41, 5.74) is -1.25. The van der Waals surface area contributed by atoms with Crippen LogP contribution in [0.5, 0.6) is 0 Å². The van der Waals surface area contributed by atoms with Crippen LogP contribution < -0.4 is 0 Å². The number of carbonyl (C=O) groups is 1. The molecule has 0 aliphatic heterocycles. The lowest BCUT2D eigenvalue weighted by molar-refractivity contribution is 0.0696. The van der Waals surface area contributed by atoms with Crippen LogP contribution in [0.3, 0.4) is 0 Å². The molecule has 0 amide bonds. The zero-order valence-corrected chi connectivity index (χ0v) is 7.98. The molecule has 0 aliphatic carbocycles. The number of alkyl halides is 2. The van der Waals surface area contributed by atoms with Gasteiger partial charge in [0.05, 0.1) is 16.1 Å². The third-order valence-corrected chi connectivity index (χ3v) is 2.16. The van der Waals surface area contributed by atoms with Crippen LogP contribution in [0.2, 0.25) is 10.2 Å². The van der Waals surface area contributed by atoms with E-state index in [2.05, 4.69) is 4.98 Å². The summed E-state index contributed by atoms with van der Waals surface area (Å²) in [6, 6.07) is 0. The van der Waals surface area contributed by atoms with Crippen molar-refractivity contribution in [1.29, 1.82) is 0 Å². The lowest BCUT2D eigenvalue weighted by atomic mass is 10.2. The van der Waals surface area contributed by atoms with Crippen LogP contribution in [-0.4, -0.2) is 16.1 Å². The van der Waals surface area contributed by atoms with Gasteiger partial charge in [0.25, 0.3) is 6.43 Å². The minimum atomic E-state index is -2.96. The topological polar surface area (TPSA) is 50.2 Å². The van der Waals surface area contributed by atoms with Crippen molar-refractivity contribution in [2.24, 2.45) is 0 Å². The zero-order chi connectivity index (χ0) is 10.9. The van der Waals surface area contributed by atoms with Crippen LogP contribution in [0.4, 0.5) is 8.78 Å². The summed E-state index contributed by atoms with van der Waals surface area (Å²) >= 11 is 10.8. The number of carboxylic acid groups (broad SMARTS) is 1. The fourth-order valence-corrected chi connectivity index (χ4v) is 1.39. The number of aromatic nitrogens is 1. The van der Waals surface area contributed by atoms with Crippen LogP contribution in [0, 0.1) is 0 Å². The summed E-state index contributed by atoms with van der Waals surface area (Å²) in [5, 5.41) is 7.48. The van der Waals surface area contributed by atoms with Gasteiger partial charge in [-0.3, -0.25) is 0 Å². The second-order valence-corrected chi connectivity index (χ2v) is 3.03. The molecule has 14 heavy (non-hydrogen) atoms. The first-order chi connectivity index (χ1) is 6.45. The van der Waals surface area contributed by atoms with E-state index in [1.165, 1.54) is 0 Å². The number of pyridine rings is 1. The highest BCUT2D eigenvalue weighted by atomic mass is 35.5. The van der Waals surface area contributed by atoms with Gasteiger partial charge in [-0.2, -0.15) is 0 Å². The molecular formula is C7H3Cl2F2NO2. The standard InChI is InChI=1S/C7H3Cl2F2NO2/c8-4-2(7(13)14)1-12-5(9)3(4)6(10)11/h1,6H,(H,13,14). The van der Waals surface area contributed by atoms with Gasteiger partial charge in [0.15, 0.2) is 0 Å². The van der Waals surface area contributed by atoms with Gasteiger partial charge < -0.3 is 5.11 Å². The van der Waals surface area contributed by atoms with Gasteiger partial charge >= 0.3 is 5.97 Å². The summed E-state index contributed by atoms with van der Waals surface area (Å²) in [6.45, 7) is 0. The maximum Gasteiger partial charge on any atom is 0.338 e. The number of halogens is 4. The van der Waals surface area contributed by atoms with E-state index in [1.807, 2.05) is 0 Å². The van der Waals surface area contributed by atoms with Crippen molar-refractivity contribution < 1.29 is 18.7 Å². The smallest absolute Gasteiger partial charge is 0.338 e. The Hall–Kier alpha value is -0.940. The van der Waals surface area contributed by atoms with E-state index < -0.39 is 33.7 Å². The van der Waals surface area contributed by atoms with Crippen LogP contribution >= 0.6 is 23.2 Å². The van der Waals surface area contributed by atoms with E-state index in [4.69, 9.17) is 28.3 Å². The van der Waals surface area contributed by atoms with E-state index in [1.54, 1.807) is 0 Å². The Morgan fingerprint density at radius 1 is 1.50 bits per heavy atom. The first kappa shape index (κ1) is 11.1. The first-order valence-corrected chi connectivity index (χ1v) is 4.06. The number of carboxylic acids is 1. The highest BCUT2D eigenvalue weighted by molar-refractivity contribution is 6.37. The van der Waals surface area contributed by atoms with Crippen LogP contribution in [-0.2, 0) is 0 Å². The Balaban J connectivity index is 3.41. The molecule has 1 aromatic rings. The SMILES string of the molecule is O=C(O)c1cnc(Cl)c(C(F)F)c1Cl. The Kier molecular flexibility index (Phi) is 3.23. The minimum absolute atomic E-state index is 0.491. The molecule has 1 heterocycles. The van der Waals surface area contributed by atoms with Crippen molar-refractivity contribution in [1.82, 2.24) is 4.98 Å². The average molecular weight is 242 g/mol. The summed E-state index contributed by atoms with van der Waals surface area (Å²) in [4.78, 5) is 13.8. The molecule has 0 fully saturated rings. The molecule has 0 radical (unpaired) electrons. The molecule has 3 nitrogen and oxygen atoms in total. The van der Waals surface area contributed by atoms with Crippen molar-refractivity contribution in [2.45, 2.75) is 6.43 Å². The molecule has 0 saturated carbocycles. The monoisotopic (exact) mass is 241 g/mol. The lowest BCUT2D eigenvalue weighted by Crippen LogP contribution is -2.02. The predicted molar refractivity (Wildman–Crippen MR) is 46.2 cm³/mol. The van der Waals surface area contributed by atoms with Gasteiger partial charge in [-0.15, -0.1) is 0 Å². The third-order valence-electron chi connectivity index (χ3n) is 1.45. The van der Waals surface area contributed by atoms with E-state index >= 15 is 0 Å². The summed E-state index contributed by atoms with van der Waals surface area (Å²) in [5.74, 6) is -1.43. The summed E-state index contributed by atoms with van der Waals surface area (Å²) in [6.07, 6.45) is -2.12. The van der Waals surface area contributed by atoms with Crippen LogP contribution in [0.1, 0.15) is 22.3 Å². The van der Waals surface area contributed by atoms with Gasteiger partial charge in [0.2, 0.25) is 0 Å². The number of hydrogen-bond donors (Lipinski definition) is 1. The molecule has 0 unspecified atom stereocenters. The minimum Gasteiger partial charge on any atom is -0.478 e. The zero-order valence-electron chi connectivity index (χ0n) is 6.47. The third kappa shape index (κ3) is 1.93. The largest absolute Gasteiger partial charge is 0.478 e. The predicted octanol–water partition coefficient (Wildman–Crippen LogP) is 3.02. The Labute approximate surface area is 87.3 Å². The van der Waals surface area contributed by atoms with Gasteiger partial charge in [-0.25, -0.2) is 18.6 Å². The van der Waals surface area contributed by atoms with Crippen molar-refractivity contribution in [3.63, 3.8) is 0 Å². The molecule has 0 aromatic carbocycles. The maximum atomic E-state index is 12.3. The molecule has 76 valence electrons. The number of aromatic carboxylic acids is 1. The van der Waals surface area contributed by atoms with Crippen LogP contribution in [0.15, 0.2) is 6.20 Å².